The van der Waals surface area contributed by atoms with E-state index in [4.69, 9.17) is 22.1 Å². The number of para-hydroxylation sites is 1. The first-order chi connectivity index (χ1) is 15.9. The van der Waals surface area contributed by atoms with Crippen molar-refractivity contribution < 1.29 is 4.74 Å². The third kappa shape index (κ3) is 4.83. The summed E-state index contributed by atoms with van der Waals surface area (Å²) in [6.45, 7) is 6.11. The van der Waals surface area contributed by atoms with E-state index >= 15 is 0 Å². The number of nitrogens with two attached hydrogens (primary N) is 1. The third-order valence-corrected chi connectivity index (χ3v) is 6.76. The van der Waals surface area contributed by atoms with Crippen LogP contribution in [0.2, 0.25) is 5.02 Å². The van der Waals surface area contributed by atoms with E-state index in [9.17, 15) is 0 Å². The van der Waals surface area contributed by atoms with Gasteiger partial charge >= 0.3 is 0 Å². The van der Waals surface area contributed by atoms with Crippen LogP contribution in [0.25, 0.3) is 10.9 Å². The highest BCUT2D eigenvalue weighted by atomic mass is 79.9. The van der Waals surface area contributed by atoms with Crippen molar-refractivity contribution in [1.29, 1.82) is 0 Å². The van der Waals surface area contributed by atoms with E-state index in [0.29, 0.717) is 11.7 Å². The maximum Gasteiger partial charge on any atom is 0.134 e. The molecule has 1 saturated heterocycles. The fraction of sp³-hybridized carbons (Fsp3) is 0.292. The molecule has 9 heteroatoms. The van der Waals surface area contributed by atoms with Crippen LogP contribution in [0.4, 0.5) is 5.82 Å². The zero-order valence-electron chi connectivity index (χ0n) is 18.7. The lowest BCUT2D eigenvalue weighted by atomic mass is 9.86. The Morgan fingerprint density at radius 3 is 2.61 bits per heavy atom. The van der Waals surface area contributed by atoms with Crippen molar-refractivity contribution in [3.05, 3.63) is 75.2 Å². The summed E-state index contributed by atoms with van der Waals surface area (Å²) < 4.78 is 8.51. The topological polar surface area (TPSA) is 90.9 Å². The van der Waals surface area contributed by atoms with Gasteiger partial charge in [-0.2, -0.15) is 5.10 Å². The van der Waals surface area contributed by atoms with Gasteiger partial charge in [-0.05, 0) is 59.6 Å². The number of fused-ring (bicyclic) bond motifs is 1. The molecule has 1 aliphatic heterocycles. The number of anilines is 1. The first-order valence-electron chi connectivity index (χ1n) is 10.6. The number of nitrogen functional groups attached to an aromatic ring is 1. The molecule has 3 heterocycles. The number of hydrogen-bond donors (Lipinski definition) is 2. The predicted octanol–water partition coefficient (Wildman–Crippen LogP) is 5.12. The second-order valence-electron chi connectivity index (χ2n) is 7.95. The average Bonchev–Trinajstić information content (AvgIpc) is 3.22. The number of rotatable bonds is 4. The van der Waals surface area contributed by atoms with Gasteiger partial charge in [-0.3, -0.25) is 4.68 Å². The fourth-order valence-electron chi connectivity index (χ4n) is 3.99. The molecule has 2 aromatic carbocycles. The van der Waals surface area contributed by atoms with Gasteiger partial charge in [0.25, 0.3) is 0 Å². The Kier molecular flexibility index (Phi) is 7.17. The van der Waals surface area contributed by atoms with Crippen LogP contribution in [0.15, 0.2) is 53.5 Å². The summed E-state index contributed by atoms with van der Waals surface area (Å²) in [4.78, 5) is 7.92. The molecule has 33 heavy (non-hydrogen) atoms. The van der Waals surface area contributed by atoms with Crippen LogP contribution in [0.3, 0.4) is 0 Å². The smallest absolute Gasteiger partial charge is 0.134 e. The number of nitrogens with zero attached hydrogens (tertiary/aromatic N) is 4. The monoisotopic (exact) mass is 528 g/mol. The molecule has 3 N–H and O–H groups in total. The number of methoxy groups -OCH3 is 1. The summed E-state index contributed by atoms with van der Waals surface area (Å²) in [7, 11) is 1.73. The van der Waals surface area contributed by atoms with Crippen LogP contribution in [-0.4, -0.2) is 39.9 Å². The molecule has 1 unspecified atom stereocenters. The SMILES string of the molecule is COc1c(C(C)n2ccc(Br)n2)cc(Cl)c(C)c1C1CNC1.Nc1ncnc2ccccc12. The Hall–Kier alpha value is -2.68. The highest BCUT2D eigenvalue weighted by Gasteiger charge is 2.29. The summed E-state index contributed by atoms with van der Waals surface area (Å²) in [6, 6.07) is 11.6. The summed E-state index contributed by atoms with van der Waals surface area (Å²) in [5.74, 6) is 1.94. The van der Waals surface area contributed by atoms with Crippen molar-refractivity contribution in [2.45, 2.75) is 25.8 Å². The molecule has 1 aliphatic rings. The average molecular weight is 530 g/mol. The van der Waals surface area contributed by atoms with Crippen molar-refractivity contribution in [2.24, 2.45) is 0 Å². The maximum atomic E-state index is 6.49. The first kappa shape index (κ1) is 23.5. The molecule has 5 rings (SSSR count). The zero-order chi connectivity index (χ0) is 23.5. The summed E-state index contributed by atoms with van der Waals surface area (Å²) >= 11 is 9.89. The van der Waals surface area contributed by atoms with E-state index in [2.05, 4.69) is 50.2 Å². The van der Waals surface area contributed by atoms with E-state index in [0.717, 1.165) is 50.5 Å². The normalized spacial score (nSPS) is 14.3. The van der Waals surface area contributed by atoms with Crippen LogP contribution in [0.1, 0.15) is 35.6 Å². The molecule has 0 amide bonds. The van der Waals surface area contributed by atoms with E-state index < -0.39 is 0 Å². The van der Waals surface area contributed by atoms with Gasteiger partial charge in [0.05, 0.1) is 18.7 Å². The Bertz CT molecular complexity index is 1270. The van der Waals surface area contributed by atoms with E-state index in [1.54, 1.807) is 7.11 Å². The summed E-state index contributed by atoms with van der Waals surface area (Å²) in [6.07, 6.45) is 3.42. The highest BCUT2D eigenvalue weighted by molar-refractivity contribution is 9.10. The second-order valence-corrected chi connectivity index (χ2v) is 9.16. The molecule has 2 aromatic heterocycles. The lowest BCUT2D eigenvalue weighted by Crippen LogP contribution is -2.40. The molecule has 1 atom stereocenters. The summed E-state index contributed by atoms with van der Waals surface area (Å²) in [5, 5.41) is 9.46. The van der Waals surface area contributed by atoms with Crippen LogP contribution >= 0.6 is 27.5 Å². The van der Waals surface area contributed by atoms with E-state index in [1.165, 1.54) is 11.9 Å². The van der Waals surface area contributed by atoms with Crippen molar-refractivity contribution in [2.75, 3.05) is 25.9 Å². The van der Waals surface area contributed by atoms with Gasteiger partial charge < -0.3 is 15.8 Å². The highest BCUT2D eigenvalue weighted by Crippen LogP contribution is 2.41. The molecule has 0 spiro atoms. The maximum absolute atomic E-state index is 6.49. The van der Waals surface area contributed by atoms with Gasteiger partial charge in [-0.25, -0.2) is 9.97 Å². The quantitative estimate of drug-likeness (QED) is 0.381. The van der Waals surface area contributed by atoms with E-state index in [1.807, 2.05) is 47.3 Å². The molecule has 172 valence electrons. The molecule has 0 radical (unpaired) electrons. The Labute approximate surface area is 206 Å². The van der Waals surface area contributed by atoms with Crippen LogP contribution in [0.5, 0.6) is 5.75 Å². The van der Waals surface area contributed by atoms with Crippen LogP contribution < -0.4 is 15.8 Å². The van der Waals surface area contributed by atoms with Crippen molar-refractivity contribution in [3.8, 4) is 5.75 Å². The minimum absolute atomic E-state index is 0.0473. The lowest BCUT2D eigenvalue weighted by Gasteiger charge is -2.32. The minimum Gasteiger partial charge on any atom is -0.496 e. The number of nitrogens with one attached hydrogen (secondary N) is 1. The van der Waals surface area contributed by atoms with Gasteiger partial charge in [-0.1, -0.05) is 23.7 Å². The predicted molar refractivity (Wildman–Crippen MR) is 136 cm³/mol. The molecule has 1 fully saturated rings. The first-order valence-corrected chi connectivity index (χ1v) is 11.8. The second kappa shape index (κ2) is 10.1. The Balaban J connectivity index is 0.000000196. The standard InChI is InChI=1S/C16H19BrClN3O.C8H7N3/c1-9-13(18)6-12(10(2)21-5-4-14(17)20-21)16(22-3)15(9)11-7-19-8-11;9-8-6-3-1-2-4-7(6)10-5-11-8/h4-6,10-11,19H,7-8H2,1-3H3;1-5H,(H2,9,10,11). The van der Waals surface area contributed by atoms with Crippen LogP contribution in [-0.2, 0) is 0 Å². The van der Waals surface area contributed by atoms with Gasteiger partial charge in [0.15, 0.2) is 0 Å². The van der Waals surface area contributed by atoms with Crippen molar-refractivity contribution >= 4 is 44.3 Å². The fourth-order valence-corrected chi connectivity index (χ4v) is 4.51. The number of ether oxygens (including phenoxy) is 1. The Morgan fingerprint density at radius 2 is 2.00 bits per heavy atom. The molecular weight excluding hydrogens is 504 g/mol. The van der Waals surface area contributed by atoms with Crippen molar-refractivity contribution in [1.82, 2.24) is 25.1 Å². The van der Waals surface area contributed by atoms with Gasteiger partial charge in [-0.15, -0.1) is 0 Å². The van der Waals surface area contributed by atoms with Gasteiger partial charge in [0, 0.05) is 46.7 Å². The van der Waals surface area contributed by atoms with Crippen LogP contribution in [0, 0.1) is 6.92 Å². The van der Waals surface area contributed by atoms with Gasteiger partial charge in [0.2, 0.25) is 0 Å². The molecule has 0 saturated carbocycles. The number of halogens is 2. The van der Waals surface area contributed by atoms with Gasteiger partial charge in [0.1, 0.15) is 22.5 Å². The van der Waals surface area contributed by atoms with E-state index in [-0.39, 0.29) is 6.04 Å². The zero-order valence-corrected chi connectivity index (χ0v) is 21.1. The molecule has 4 aromatic rings. The number of aromatic nitrogens is 4. The van der Waals surface area contributed by atoms with Crippen molar-refractivity contribution in [3.63, 3.8) is 0 Å². The summed E-state index contributed by atoms with van der Waals surface area (Å²) in [5.41, 5.74) is 9.90. The third-order valence-electron chi connectivity index (χ3n) is 5.94. The lowest BCUT2D eigenvalue weighted by molar-refractivity contribution is 0.374. The Morgan fingerprint density at radius 1 is 1.24 bits per heavy atom. The minimum atomic E-state index is 0.0473. The molecular formula is C24H26BrClN6O. The molecule has 0 aliphatic carbocycles. The molecule has 0 bridgehead atoms. The molecule has 7 nitrogen and oxygen atoms in total. The largest absolute Gasteiger partial charge is 0.496 e. The number of hydrogen-bond acceptors (Lipinski definition) is 6. The number of benzene rings is 2.